The van der Waals surface area contributed by atoms with Gasteiger partial charge in [0.2, 0.25) is 0 Å². The van der Waals surface area contributed by atoms with Crippen molar-refractivity contribution in [2.45, 2.75) is 65.1 Å². The summed E-state index contributed by atoms with van der Waals surface area (Å²) in [5.74, 6) is -0.723. The summed E-state index contributed by atoms with van der Waals surface area (Å²) in [6.07, 6.45) is 2.46. The average Bonchev–Trinajstić information content (AvgIpc) is 2.14. The molecule has 1 unspecified atom stereocenters. The third kappa shape index (κ3) is 4.94. The van der Waals surface area contributed by atoms with E-state index in [1.165, 1.54) is 0 Å². The Balaban J connectivity index is 4.52. The van der Waals surface area contributed by atoms with Gasteiger partial charge in [-0.25, -0.2) is 0 Å². The van der Waals surface area contributed by atoms with Gasteiger partial charge in [0.25, 0.3) is 0 Å². The van der Waals surface area contributed by atoms with E-state index in [0.29, 0.717) is 13.0 Å². The summed E-state index contributed by atoms with van der Waals surface area (Å²) in [5, 5.41) is 9.27. The molecule has 0 aliphatic heterocycles. The summed E-state index contributed by atoms with van der Waals surface area (Å²) in [6, 6.07) is 0.115. The van der Waals surface area contributed by atoms with Gasteiger partial charge in [0.1, 0.15) is 6.04 Å². The zero-order valence-corrected chi connectivity index (χ0v) is 10.9. The second-order valence-electron chi connectivity index (χ2n) is 4.77. The van der Waals surface area contributed by atoms with Crippen LogP contribution in [0.3, 0.4) is 0 Å². The third-order valence-electron chi connectivity index (χ3n) is 2.77. The first-order valence-electron chi connectivity index (χ1n) is 6.12. The first-order chi connectivity index (χ1) is 7.41. The number of carboxylic acid groups (broad SMARTS) is 1. The summed E-state index contributed by atoms with van der Waals surface area (Å²) in [7, 11) is 0. The van der Waals surface area contributed by atoms with Crippen LogP contribution >= 0.6 is 0 Å². The lowest BCUT2D eigenvalue weighted by molar-refractivity contribution is -0.145. The molecule has 96 valence electrons. The highest BCUT2D eigenvalue weighted by Crippen LogP contribution is 2.16. The number of hydrogen-bond donors (Lipinski definition) is 2. The quantitative estimate of drug-likeness (QED) is 0.623. The van der Waals surface area contributed by atoms with E-state index in [-0.39, 0.29) is 18.1 Å². The molecule has 0 amide bonds. The van der Waals surface area contributed by atoms with Gasteiger partial charge >= 0.3 is 5.97 Å². The van der Waals surface area contributed by atoms with Gasteiger partial charge in [0.15, 0.2) is 0 Å². The topological polar surface area (TPSA) is 66.6 Å². The smallest absolute Gasteiger partial charge is 0.320 e. The Labute approximate surface area is 98.8 Å². The van der Waals surface area contributed by atoms with Crippen molar-refractivity contribution in [2.24, 2.45) is 5.73 Å². The number of aliphatic carboxylic acids is 1. The van der Waals surface area contributed by atoms with Crippen molar-refractivity contribution < 1.29 is 9.90 Å². The summed E-state index contributed by atoms with van der Waals surface area (Å²) < 4.78 is 0. The van der Waals surface area contributed by atoms with E-state index in [0.717, 1.165) is 12.8 Å². The molecule has 0 aromatic rings. The van der Waals surface area contributed by atoms with Crippen molar-refractivity contribution in [3.05, 3.63) is 0 Å². The van der Waals surface area contributed by atoms with Crippen LogP contribution in [0, 0.1) is 0 Å². The van der Waals surface area contributed by atoms with Gasteiger partial charge in [-0.05, 0) is 47.1 Å². The largest absolute Gasteiger partial charge is 0.480 e. The lowest BCUT2D eigenvalue weighted by Crippen LogP contribution is -2.49. The van der Waals surface area contributed by atoms with Gasteiger partial charge in [0.05, 0.1) is 0 Å². The Bertz CT molecular complexity index is 197. The predicted octanol–water partition coefficient (Wildman–Crippen LogP) is 1.69. The van der Waals surface area contributed by atoms with Gasteiger partial charge in [0, 0.05) is 12.1 Å². The van der Waals surface area contributed by atoms with Gasteiger partial charge < -0.3 is 10.8 Å². The van der Waals surface area contributed by atoms with Crippen LogP contribution in [0.25, 0.3) is 0 Å². The molecule has 0 heterocycles. The maximum Gasteiger partial charge on any atom is 0.320 e. The van der Waals surface area contributed by atoms with Gasteiger partial charge in [-0.15, -0.1) is 0 Å². The van der Waals surface area contributed by atoms with Gasteiger partial charge in [-0.2, -0.15) is 0 Å². The SMILES string of the molecule is CC(C)N(C(C)C)C(CCCCN)C(=O)O. The normalized spacial score (nSPS) is 13.8. The standard InChI is InChI=1S/C12H26N2O2/c1-9(2)14(10(3)4)11(12(15)16)7-5-6-8-13/h9-11H,5-8,13H2,1-4H3,(H,15,16). The minimum atomic E-state index is -0.723. The Hall–Kier alpha value is -0.610. The maximum absolute atomic E-state index is 11.3. The van der Waals surface area contributed by atoms with Crippen LogP contribution in [0.2, 0.25) is 0 Å². The molecule has 0 spiro atoms. The lowest BCUT2D eigenvalue weighted by atomic mass is 10.0. The number of hydrogen-bond acceptors (Lipinski definition) is 3. The molecule has 1 atom stereocenters. The summed E-state index contributed by atoms with van der Waals surface area (Å²) >= 11 is 0. The molecule has 0 bridgehead atoms. The summed E-state index contributed by atoms with van der Waals surface area (Å²) in [6.45, 7) is 8.80. The third-order valence-corrected chi connectivity index (χ3v) is 2.77. The second-order valence-corrected chi connectivity index (χ2v) is 4.77. The number of unbranched alkanes of at least 4 members (excludes halogenated alkanes) is 1. The molecule has 0 saturated heterocycles. The Morgan fingerprint density at radius 1 is 1.19 bits per heavy atom. The van der Waals surface area contributed by atoms with Crippen LogP contribution in [-0.4, -0.2) is 40.6 Å². The summed E-state index contributed by atoms with van der Waals surface area (Å²) in [4.78, 5) is 13.3. The van der Waals surface area contributed by atoms with Crippen molar-refractivity contribution in [3.8, 4) is 0 Å². The molecule has 16 heavy (non-hydrogen) atoms. The highest BCUT2D eigenvalue weighted by Gasteiger charge is 2.28. The van der Waals surface area contributed by atoms with Crippen LogP contribution in [0.15, 0.2) is 0 Å². The molecule has 0 aromatic carbocycles. The van der Waals surface area contributed by atoms with Crippen LogP contribution < -0.4 is 5.73 Å². The van der Waals surface area contributed by atoms with E-state index in [2.05, 4.69) is 4.90 Å². The van der Waals surface area contributed by atoms with Crippen LogP contribution in [0.1, 0.15) is 47.0 Å². The van der Waals surface area contributed by atoms with Crippen molar-refractivity contribution >= 4 is 5.97 Å². The molecule has 0 fully saturated rings. The maximum atomic E-state index is 11.3. The number of carbonyl (C=O) groups is 1. The molecular weight excluding hydrogens is 204 g/mol. The van der Waals surface area contributed by atoms with E-state index >= 15 is 0 Å². The predicted molar refractivity (Wildman–Crippen MR) is 66.4 cm³/mol. The van der Waals surface area contributed by atoms with E-state index in [1.807, 2.05) is 27.7 Å². The van der Waals surface area contributed by atoms with Crippen molar-refractivity contribution in [3.63, 3.8) is 0 Å². The van der Waals surface area contributed by atoms with Gasteiger partial charge in [-0.1, -0.05) is 6.42 Å². The van der Waals surface area contributed by atoms with Crippen molar-refractivity contribution in [1.82, 2.24) is 4.90 Å². The minimum absolute atomic E-state index is 0.249. The average molecular weight is 230 g/mol. The Kier molecular flexibility index (Phi) is 7.34. The second kappa shape index (κ2) is 7.63. The minimum Gasteiger partial charge on any atom is -0.480 e. The zero-order valence-electron chi connectivity index (χ0n) is 10.9. The van der Waals surface area contributed by atoms with Crippen molar-refractivity contribution in [1.29, 1.82) is 0 Å². The van der Waals surface area contributed by atoms with Crippen LogP contribution in [0.4, 0.5) is 0 Å². The molecule has 3 N–H and O–H groups in total. The molecular formula is C12H26N2O2. The molecule has 0 aromatic heterocycles. The Morgan fingerprint density at radius 2 is 1.69 bits per heavy atom. The Morgan fingerprint density at radius 3 is 2.00 bits per heavy atom. The fourth-order valence-electron chi connectivity index (χ4n) is 2.20. The number of carboxylic acids is 1. The molecule has 0 saturated carbocycles. The zero-order chi connectivity index (χ0) is 12.7. The van der Waals surface area contributed by atoms with Crippen LogP contribution in [-0.2, 0) is 4.79 Å². The first kappa shape index (κ1) is 15.4. The molecule has 0 aliphatic carbocycles. The molecule has 0 aliphatic rings. The van der Waals surface area contributed by atoms with E-state index < -0.39 is 5.97 Å². The monoisotopic (exact) mass is 230 g/mol. The number of nitrogens with zero attached hydrogens (tertiary/aromatic N) is 1. The highest BCUT2D eigenvalue weighted by atomic mass is 16.4. The number of rotatable bonds is 8. The van der Waals surface area contributed by atoms with Crippen LogP contribution in [0.5, 0.6) is 0 Å². The summed E-state index contributed by atoms with van der Waals surface area (Å²) in [5.41, 5.74) is 5.43. The molecule has 4 heteroatoms. The first-order valence-corrected chi connectivity index (χ1v) is 6.12. The van der Waals surface area contributed by atoms with Crippen molar-refractivity contribution in [2.75, 3.05) is 6.54 Å². The molecule has 0 radical (unpaired) electrons. The van der Waals surface area contributed by atoms with E-state index in [9.17, 15) is 9.90 Å². The molecule has 0 rings (SSSR count). The molecule has 4 nitrogen and oxygen atoms in total. The lowest BCUT2D eigenvalue weighted by Gasteiger charge is -2.35. The number of nitrogens with two attached hydrogens (primary N) is 1. The van der Waals surface area contributed by atoms with E-state index in [4.69, 9.17) is 5.73 Å². The highest BCUT2D eigenvalue weighted by molar-refractivity contribution is 5.73. The fraction of sp³-hybridized carbons (Fsp3) is 0.917. The fourth-order valence-corrected chi connectivity index (χ4v) is 2.20. The van der Waals surface area contributed by atoms with E-state index in [1.54, 1.807) is 0 Å². The van der Waals surface area contributed by atoms with Gasteiger partial charge in [-0.3, -0.25) is 9.69 Å².